The van der Waals surface area contributed by atoms with E-state index in [1.54, 1.807) is 6.07 Å². The number of halogens is 1. The number of hydrogen-bond donors (Lipinski definition) is 1. The minimum atomic E-state index is -1.28. The molecule has 3 fully saturated rings. The monoisotopic (exact) mass is 371 g/mol. The Kier molecular flexibility index (Phi) is 3.36. The predicted octanol–water partition coefficient (Wildman–Crippen LogP) is 1.85. The predicted molar refractivity (Wildman–Crippen MR) is 95.0 cm³/mol. The number of amides is 3. The summed E-state index contributed by atoms with van der Waals surface area (Å²) < 4.78 is 14.1. The number of nitrogens with one attached hydrogen (secondary N) is 1. The van der Waals surface area contributed by atoms with Gasteiger partial charge in [-0.25, -0.2) is 4.39 Å². The number of rotatable bonds is 2. The molecule has 4 aliphatic rings. The smallest absolute Gasteiger partial charge is 0.250 e. The Hall–Kier alpha value is -2.28. The lowest BCUT2D eigenvalue weighted by Crippen LogP contribution is -2.54. The highest BCUT2D eigenvalue weighted by molar-refractivity contribution is 6.15. The van der Waals surface area contributed by atoms with Crippen molar-refractivity contribution in [2.24, 2.45) is 11.8 Å². The molecular formula is C20H22FN3O3. The summed E-state index contributed by atoms with van der Waals surface area (Å²) in [5, 5.41) is 2.85. The Morgan fingerprint density at radius 2 is 2.07 bits per heavy atom. The molecule has 3 amide bonds. The molecule has 6 nitrogen and oxygen atoms in total. The molecule has 5 rings (SSSR count). The number of likely N-dealkylation sites (tertiary alicyclic amines) is 1. The molecular weight excluding hydrogens is 349 g/mol. The first kappa shape index (κ1) is 16.9. The fraction of sp³-hybridized carbons (Fsp3) is 0.550. The Bertz CT molecular complexity index is 887. The molecule has 3 saturated heterocycles. The first-order valence-corrected chi connectivity index (χ1v) is 9.68. The van der Waals surface area contributed by atoms with Crippen LogP contribution in [0.25, 0.3) is 0 Å². The zero-order valence-electron chi connectivity index (χ0n) is 15.4. The van der Waals surface area contributed by atoms with Crippen molar-refractivity contribution in [2.45, 2.75) is 50.7 Å². The largest absolute Gasteiger partial charge is 0.324 e. The minimum Gasteiger partial charge on any atom is -0.324 e. The molecule has 0 bridgehead atoms. The van der Waals surface area contributed by atoms with Gasteiger partial charge in [0.25, 0.3) is 0 Å². The second-order valence-corrected chi connectivity index (χ2v) is 8.12. The van der Waals surface area contributed by atoms with Crippen LogP contribution in [0, 0.1) is 17.7 Å². The van der Waals surface area contributed by atoms with E-state index >= 15 is 0 Å². The normalized spacial score (nSPS) is 35.6. The summed E-state index contributed by atoms with van der Waals surface area (Å²) in [5.41, 5.74) is -0.243. The number of benzene rings is 1. The Labute approximate surface area is 156 Å². The zero-order valence-corrected chi connectivity index (χ0v) is 15.4. The molecule has 1 N–H and O–H groups in total. The third-order valence-electron chi connectivity index (χ3n) is 7.02. The zero-order chi connectivity index (χ0) is 19.1. The van der Waals surface area contributed by atoms with Gasteiger partial charge in [0, 0.05) is 23.3 Å². The molecule has 0 saturated carbocycles. The van der Waals surface area contributed by atoms with E-state index < -0.39 is 23.2 Å². The van der Waals surface area contributed by atoms with E-state index in [0.29, 0.717) is 24.2 Å². The number of imide groups is 1. The third kappa shape index (κ3) is 1.81. The number of anilines is 1. The molecule has 0 aliphatic carbocycles. The molecule has 0 aromatic heterocycles. The van der Waals surface area contributed by atoms with Gasteiger partial charge in [-0.1, -0.05) is 6.92 Å². The second-order valence-electron chi connectivity index (χ2n) is 8.12. The van der Waals surface area contributed by atoms with Crippen molar-refractivity contribution in [1.82, 2.24) is 9.80 Å². The van der Waals surface area contributed by atoms with Crippen LogP contribution >= 0.6 is 0 Å². The molecule has 1 aromatic rings. The van der Waals surface area contributed by atoms with Gasteiger partial charge < -0.3 is 5.32 Å². The van der Waals surface area contributed by atoms with Gasteiger partial charge in [0.2, 0.25) is 17.7 Å². The molecule has 1 aromatic carbocycles. The maximum atomic E-state index is 14.1. The van der Waals surface area contributed by atoms with Crippen LogP contribution < -0.4 is 5.32 Å². The van der Waals surface area contributed by atoms with E-state index in [1.807, 2.05) is 18.7 Å². The molecule has 4 heterocycles. The maximum Gasteiger partial charge on any atom is 0.250 e. The second kappa shape index (κ2) is 5.38. The fourth-order valence-electron chi connectivity index (χ4n) is 5.81. The van der Waals surface area contributed by atoms with E-state index in [2.05, 4.69) is 5.32 Å². The van der Waals surface area contributed by atoms with Gasteiger partial charge in [-0.15, -0.1) is 0 Å². The van der Waals surface area contributed by atoms with Crippen molar-refractivity contribution in [3.63, 3.8) is 0 Å². The van der Waals surface area contributed by atoms with Gasteiger partial charge in [-0.05, 0) is 50.9 Å². The highest BCUT2D eigenvalue weighted by Crippen LogP contribution is 2.60. The average Bonchev–Trinajstić information content (AvgIpc) is 3.33. The van der Waals surface area contributed by atoms with Crippen molar-refractivity contribution in [3.05, 3.63) is 29.6 Å². The van der Waals surface area contributed by atoms with Gasteiger partial charge >= 0.3 is 0 Å². The molecule has 5 atom stereocenters. The summed E-state index contributed by atoms with van der Waals surface area (Å²) in [6.07, 6.45) is 2.29. The topological polar surface area (TPSA) is 69.7 Å². The van der Waals surface area contributed by atoms with E-state index in [1.165, 1.54) is 17.0 Å². The number of fused-ring (bicyclic) bond motifs is 7. The van der Waals surface area contributed by atoms with Gasteiger partial charge in [-0.3, -0.25) is 24.2 Å². The summed E-state index contributed by atoms with van der Waals surface area (Å²) in [7, 11) is 0. The molecule has 27 heavy (non-hydrogen) atoms. The summed E-state index contributed by atoms with van der Waals surface area (Å²) >= 11 is 0. The van der Waals surface area contributed by atoms with Crippen LogP contribution in [0.15, 0.2) is 18.2 Å². The average molecular weight is 371 g/mol. The van der Waals surface area contributed by atoms with Crippen molar-refractivity contribution in [2.75, 3.05) is 11.9 Å². The lowest BCUT2D eigenvalue weighted by Gasteiger charge is -2.37. The van der Waals surface area contributed by atoms with Gasteiger partial charge in [0.1, 0.15) is 11.4 Å². The van der Waals surface area contributed by atoms with E-state index in [0.717, 1.165) is 12.8 Å². The van der Waals surface area contributed by atoms with Crippen LogP contribution in [-0.2, 0) is 19.9 Å². The van der Waals surface area contributed by atoms with Crippen molar-refractivity contribution in [3.8, 4) is 0 Å². The van der Waals surface area contributed by atoms with Crippen molar-refractivity contribution >= 4 is 23.4 Å². The molecule has 7 heteroatoms. The molecule has 4 aliphatic heterocycles. The lowest BCUT2D eigenvalue weighted by atomic mass is 9.75. The third-order valence-corrected chi connectivity index (χ3v) is 7.02. The standard InChI is InChI=1S/C20H22FN3O3/c1-3-10(2)24-17(25)15-14-5-4-8-23(14)20(16(15)18(24)26)12-9-11(21)6-7-13(12)22-19(20)27/h6-7,9-10,14-16H,3-5,8H2,1-2H3,(H,22,27)/t10-,14-,15-,16+,20-/m1/s1. The highest BCUT2D eigenvalue weighted by atomic mass is 19.1. The van der Waals surface area contributed by atoms with Crippen molar-refractivity contribution in [1.29, 1.82) is 0 Å². The van der Waals surface area contributed by atoms with E-state index in [-0.39, 0.29) is 29.8 Å². The lowest BCUT2D eigenvalue weighted by molar-refractivity contribution is -0.147. The van der Waals surface area contributed by atoms with Gasteiger partial charge in [-0.2, -0.15) is 0 Å². The minimum absolute atomic E-state index is 0.152. The molecule has 0 radical (unpaired) electrons. The van der Waals surface area contributed by atoms with Gasteiger partial charge in [0.15, 0.2) is 0 Å². The van der Waals surface area contributed by atoms with E-state index in [9.17, 15) is 18.8 Å². The maximum absolute atomic E-state index is 14.1. The van der Waals surface area contributed by atoms with Gasteiger partial charge in [0.05, 0.1) is 11.8 Å². The van der Waals surface area contributed by atoms with E-state index in [4.69, 9.17) is 0 Å². The Morgan fingerprint density at radius 3 is 2.81 bits per heavy atom. The fourth-order valence-corrected chi connectivity index (χ4v) is 5.81. The SMILES string of the molecule is CC[C@@H](C)N1C(=O)[C@@H]2[C@H]3CCCN3[C@@]3(C(=O)Nc4ccc(F)cc43)[C@@H]2C1=O. The van der Waals surface area contributed by atoms with Crippen LogP contribution in [0.5, 0.6) is 0 Å². The number of carbonyl (C=O) groups excluding carboxylic acids is 3. The molecule has 0 unspecified atom stereocenters. The number of nitrogens with zero attached hydrogens (tertiary/aromatic N) is 2. The number of carbonyl (C=O) groups is 3. The molecule has 1 spiro atoms. The van der Waals surface area contributed by atoms with Crippen molar-refractivity contribution < 1.29 is 18.8 Å². The Balaban J connectivity index is 1.74. The van der Waals surface area contributed by atoms with Crippen LogP contribution in [0.3, 0.4) is 0 Å². The quantitative estimate of drug-likeness (QED) is 0.806. The Morgan fingerprint density at radius 1 is 1.30 bits per heavy atom. The van der Waals surface area contributed by atoms with Crippen LogP contribution in [-0.4, -0.2) is 46.1 Å². The molecule has 142 valence electrons. The first-order valence-electron chi connectivity index (χ1n) is 9.68. The summed E-state index contributed by atoms with van der Waals surface area (Å²) in [6, 6.07) is 3.84. The number of hydrogen-bond acceptors (Lipinski definition) is 4. The first-order chi connectivity index (χ1) is 12.9. The van der Waals surface area contributed by atoms with Crippen LogP contribution in [0.2, 0.25) is 0 Å². The summed E-state index contributed by atoms with van der Waals surface area (Å²) in [5.74, 6) is -2.54. The summed E-state index contributed by atoms with van der Waals surface area (Å²) in [6.45, 7) is 4.42. The summed E-state index contributed by atoms with van der Waals surface area (Å²) in [4.78, 5) is 43.3. The highest BCUT2D eigenvalue weighted by Gasteiger charge is 2.74. The van der Waals surface area contributed by atoms with Crippen LogP contribution in [0.1, 0.15) is 38.7 Å². The van der Waals surface area contributed by atoms with Crippen LogP contribution in [0.4, 0.5) is 10.1 Å².